The van der Waals surface area contributed by atoms with Crippen LogP contribution in [-0.2, 0) is 11.4 Å². The lowest BCUT2D eigenvalue weighted by atomic mass is 10.3. The third-order valence-corrected chi connectivity index (χ3v) is 5.22. The van der Waals surface area contributed by atoms with Crippen LogP contribution in [0.1, 0.15) is 38.1 Å². The van der Waals surface area contributed by atoms with Gasteiger partial charge < -0.3 is 10.1 Å². The number of thioether (sulfide) groups is 1. The maximum Gasteiger partial charge on any atom is 0.321 e. The number of nitrogens with zero attached hydrogens (tertiary/aromatic N) is 3. The molecule has 0 atom stereocenters. The number of benzene rings is 1. The number of ether oxygens (including phenoxy) is 1. The molecule has 150 valence electrons. The molecule has 2 aromatic rings. The summed E-state index contributed by atoms with van der Waals surface area (Å²) < 4.78 is 7.78. The Balaban J connectivity index is 1.58. The van der Waals surface area contributed by atoms with Crippen LogP contribution >= 0.6 is 23.4 Å². The van der Waals surface area contributed by atoms with Gasteiger partial charge in [0.05, 0.1) is 10.8 Å². The Hall–Kier alpha value is -2.26. The van der Waals surface area contributed by atoms with Crippen LogP contribution in [0.2, 0.25) is 5.02 Å². The highest BCUT2D eigenvalue weighted by Crippen LogP contribution is 2.39. The number of para-hydroxylation sites is 1. The van der Waals surface area contributed by atoms with Crippen LogP contribution in [0.3, 0.4) is 0 Å². The smallest absolute Gasteiger partial charge is 0.321 e. The van der Waals surface area contributed by atoms with Crippen LogP contribution < -0.4 is 15.4 Å². The summed E-state index contributed by atoms with van der Waals surface area (Å²) in [5.41, 5.74) is 0. The van der Waals surface area contributed by atoms with Crippen molar-refractivity contribution >= 4 is 35.3 Å². The summed E-state index contributed by atoms with van der Waals surface area (Å²) in [7, 11) is 0. The van der Waals surface area contributed by atoms with Crippen molar-refractivity contribution in [3.05, 3.63) is 35.1 Å². The molecule has 2 N–H and O–H groups in total. The normalized spacial score (nSPS) is 13.2. The van der Waals surface area contributed by atoms with Gasteiger partial charge in [0, 0.05) is 12.6 Å². The van der Waals surface area contributed by atoms with E-state index >= 15 is 0 Å². The van der Waals surface area contributed by atoms with E-state index in [1.54, 1.807) is 12.1 Å². The van der Waals surface area contributed by atoms with Crippen molar-refractivity contribution in [2.24, 2.45) is 0 Å². The molecule has 1 fully saturated rings. The maximum atomic E-state index is 12.0. The van der Waals surface area contributed by atoms with Crippen molar-refractivity contribution in [1.82, 2.24) is 25.4 Å². The van der Waals surface area contributed by atoms with Crippen LogP contribution in [0.5, 0.6) is 5.75 Å². The zero-order chi connectivity index (χ0) is 19.9. The zero-order valence-electron chi connectivity index (χ0n) is 15.5. The van der Waals surface area contributed by atoms with E-state index in [0.717, 1.165) is 19.3 Å². The number of rotatable bonds is 9. The van der Waals surface area contributed by atoms with Crippen molar-refractivity contribution in [1.29, 1.82) is 0 Å². The molecule has 0 saturated heterocycles. The highest BCUT2D eigenvalue weighted by molar-refractivity contribution is 7.99. The van der Waals surface area contributed by atoms with E-state index in [2.05, 4.69) is 20.8 Å². The fourth-order valence-electron chi connectivity index (χ4n) is 2.48. The minimum atomic E-state index is -0.482. The average Bonchev–Trinajstić information content (AvgIpc) is 3.44. The fraction of sp³-hybridized carbons (Fsp3) is 0.444. The zero-order valence-corrected chi connectivity index (χ0v) is 17.1. The second-order valence-electron chi connectivity index (χ2n) is 6.31. The minimum Gasteiger partial charge on any atom is -0.484 e. The summed E-state index contributed by atoms with van der Waals surface area (Å²) in [4.78, 5) is 23.5. The lowest BCUT2D eigenvalue weighted by molar-refractivity contribution is -0.117. The van der Waals surface area contributed by atoms with Crippen molar-refractivity contribution in [3.8, 4) is 5.75 Å². The summed E-state index contributed by atoms with van der Waals surface area (Å²) in [6.07, 6.45) is 2.88. The molecule has 0 spiro atoms. The molecule has 0 radical (unpaired) electrons. The summed E-state index contributed by atoms with van der Waals surface area (Å²) in [6, 6.07) is 7.08. The molecule has 0 bridgehead atoms. The van der Waals surface area contributed by atoms with Gasteiger partial charge in [-0.25, -0.2) is 4.79 Å². The van der Waals surface area contributed by atoms with Gasteiger partial charge in [0.15, 0.2) is 11.0 Å². The summed E-state index contributed by atoms with van der Waals surface area (Å²) >= 11 is 7.37. The van der Waals surface area contributed by atoms with E-state index in [1.165, 1.54) is 11.8 Å². The van der Waals surface area contributed by atoms with E-state index in [1.807, 2.05) is 23.6 Å². The number of amides is 3. The van der Waals surface area contributed by atoms with Crippen molar-refractivity contribution < 1.29 is 14.3 Å². The third-order valence-electron chi connectivity index (χ3n) is 3.96. The predicted octanol–water partition coefficient (Wildman–Crippen LogP) is 3.17. The Labute approximate surface area is 172 Å². The summed E-state index contributed by atoms with van der Waals surface area (Å²) in [5.74, 6) is 0.973. The van der Waals surface area contributed by atoms with Crippen molar-refractivity contribution in [2.75, 3.05) is 12.3 Å². The van der Waals surface area contributed by atoms with E-state index in [-0.39, 0.29) is 18.3 Å². The van der Waals surface area contributed by atoms with Gasteiger partial charge in [-0.15, -0.1) is 10.2 Å². The number of halogens is 1. The largest absolute Gasteiger partial charge is 0.484 e. The van der Waals surface area contributed by atoms with Gasteiger partial charge in [-0.1, -0.05) is 42.4 Å². The van der Waals surface area contributed by atoms with Gasteiger partial charge in [0.2, 0.25) is 5.91 Å². The first kappa shape index (κ1) is 20.5. The topological polar surface area (TPSA) is 98.1 Å². The Morgan fingerprint density at radius 3 is 2.82 bits per heavy atom. The molecule has 1 saturated carbocycles. The number of aromatic nitrogens is 3. The molecule has 28 heavy (non-hydrogen) atoms. The quantitative estimate of drug-likeness (QED) is 0.601. The van der Waals surface area contributed by atoms with Crippen LogP contribution in [0.4, 0.5) is 4.79 Å². The van der Waals surface area contributed by atoms with Gasteiger partial charge in [0.25, 0.3) is 0 Å². The third kappa shape index (κ3) is 5.62. The summed E-state index contributed by atoms with van der Waals surface area (Å²) in [6.45, 7) is 2.70. The number of carbonyl (C=O) groups excluding carboxylic acids is 2. The van der Waals surface area contributed by atoms with Gasteiger partial charge in [0.1, 0.15) is 12.4 Å². The molecular weight excluding hydrogens is 402 g/mol. The Bertz CT molecular complexity index is 840. The SMILES string of the molecule is CCCNC(=O)NC(=O)CSc1nnc(COc2ccccc2Cl)n1C1CC1. The number of urea groups is 1. The second-order valence-corrected chi connectivity index (χ2v) is 7.66. The van der Waals surface area contributed by atoms with Gasteiger partial charge in [-0.3, -0.25) is 14.7 Å². The highest BCUT2D eigenvalue weighted by atomic mass is 35.5. The average molecular weight is 424 g/mol. The molecule has 0 aliphatic heterocycles. The standard InChI is InChI=1S/C18H22ClN5O3S/c1-2-9-20-17(26)21-16(25)11-28-18-23-22-15(24(18)12-7-8-12)10-27-14-6-4-3-5-13(14)19/h3-6,12H,2,7-11H2,1H3,(H2,20,21,25,26). The Morgan fingerprint density at radius 1 is 1.32 bits per heavy atom. The van der Waals surface area contributed by atoms with E-state index < -0.39 is 6.03 Å². The molecule has 1 aromatic carbocycles. The summed E-state index contributed by atoms with van der Waals surface area (Å²) in [5, 5.41) is 14.5. The number of hydrogen-bond acceptors (Lipinski definition) is 6. The Kier molecular flexibility index (Phi) is 7.16. The van der Waals surface area contributed by atoms with Crippen LogP contribution in [-0.4, -0.2) is 39.0 Å². The molecule has 0 unspecified atom stereocenters. The molecular formula is C18H22ClN5O3S. The maximum absolute atomic E-state index is 12.0. The van der Waals surface area contributed by atoms with E-state index in [0.29, 0.717) is 34.3 Å². The number of hydrogen-bond donors (Lipinski definition) is 2. The predicted molar refractivity (Wildman–Crippen MR) is 107 cm³/mol. The van der Waals surface area contributed by atoms with E-state index in [4.69, 9.17) is 16.3 Å². The van der Waals surface area contributed by atoms with Crippen LogP contribution in [0.15, 0.2) is 29.4 Å². The lowest BCUT2D eigenvalue weighted by Gasteiger charge is -2.10. The second kappa shape index (κ2) is 9.79. The molecule has 1 heterocycles. The van der Waals surface area contributed by atoms with Crippen LogP contribution in [0, 0.1) is 0 Å². The molecule has 3 rings (SSSR count). The molecule has 3 amide bonds. The fourth-order valence-corrected chi connectivity index (χ4v) is 3.50. The molecule has 1 aromatic heterocycles. The number of imide groups is 1. The van der Waals surface area contributed by atoms with Gasteiger partial charge in [-0.05, 0) is 31.4 Å². The minimum absolute atomic E-state index is 0.0791. The first-order valence-corrected chi connectivity index (χ1v) is 10.5. The van der Waals surface area contributed by atoms with Gasteiger partial charge >= 0.3 is 6.03 Å². The molecule has 1 aliphatic carbocycles. The van der Waals surface area contributed by atoms with Gasteiger partial charge in [-0.2, -0.15) is 0 Å². The molecule has 10 heteroatoms. The van der Waals surface area contributed by atoms with Crippen molar-refractivity contribution in [2.45, 2.75) is 44.0 Å². The highest BCUT2D eigenvalue weighted by Gasteiger charge is 2.30. The monoisotopic (exact) mass is 423 g/mol. The van der Waals surface area contributed by atoms with E-state index in [9.17, 15) is 9.59 Å². The lowest BCUT2D eigenvalue weighted by Crippen LogP contribution is -2.40. The Morgan fingerprint density at radius 2 is 2.11 bits per heavy atom. The first-order valence-electron chi connectivity index (χ1n) is 9.10. The first-order chi connectivity index (χ1) is 13.6. The van der Waals surface area contributed by atoms with Crippen LogP contribution in [0.25, 0.3) is 0 Å². The number of nitrogens with one attached hydrogen (secondary N) is 2. The number of carbonyl (C=O) groups is 2. The van der Waals surface area contributed by atoms with Crippen molar-refractivity contribution in [3.63, 3.8) is 0 Å². The molecule has 1 aliphatic rings. The molecule has 8 nitrogen and oxygen atoms in total.